The van der Waals surface area contributed by atoms with Crippen molar-refractivity contribution in [1.82, 2.24) is 0 Å². The summed E-state index contributed by atoms with van der Waals surface area (Å²) in [4.78, 5) is 0. The topological polar surface area (TPSA) is 26.0 Å². The van der Waals surface area contributed by atoms with Crippen LogP contribution in [0.1, 0.15) is 44.2 Å². The van der Waals surface area contributed by atoms with Gasteiger partial charge in [-0.25, -0.2) is 0 Å². The fourth-order valence-corrected chi connectivity index (χ4v) is 3.53. The Labute approximate surface area is 99.0 Å². The van der Waals surface area contributed by atoms with E-state index in [4.69, 9.17) is 5.73 Å². The zero-order valence-electron chi connectivity index (χ0n) is 10.7. The fraction of sp³-hybridized carbons (Fsp3) is 0.600. The van der Waals surface area contributed by atoms with Crippen LogP contribution in [0.25, 0.3) is 0 Å². The second kappa shape index (κ2) is 4.21. The first-order valence-corrected chi connectivity index (χ1v) is 6.36. The van der Waals surface area contributed by atoms with Gasteiger partial charge in [-0.3, -0.25) is 0 Å². The molecule has 0 radical (unpaired) electrons. The summed E-state index contributed by atoms with van der Waals surface area (Å²) < 4.78 is 0. The minimum Gasteiger partial charge on any atom is -0.321 e. The van der Waals surface area contributed by atoms with Crippen LogP contribution in [-0.4, -0.2) is 0 Å². The van der Waals surface area contributed by atoms with E-state index in [2.05, 4.69) is 45.0 Å². The molecule has 1 saturated carbocycles. The molecule has 0 aromatic heterocycles. The van der Waals surface area contributed by atoms with Gasteiger partial charge in [-0.05, 0) is 49.1 Å². The zero-order chi connectivity index (χ0) is 11.8. The first-order valence-electron chi connectivity index (χ1n) is 6.36. The van der Waals surface area contributed by atoms with Crippen molar-refractivity contribution in [3.8, 4) is 0 Å². The summed E-state index contributed by atoms with van der Waals surface area (Å²) in [6.07, 6.45) is 3.58. The predicted octanol–water partition coefficient (Wildman–Crippen LogP) is 3.61. The molecule has 2 atom stereocenters. The SMILES string of the molecule is Cc1ccccc1C1(N)CC(C)CC(C)C1. The van der Waals surface area contributed by atoms with Crippen molar-refractivity contribution < 1.29 is 0 Å². The molecule has 2 unspecified atom stereocenters. The van der Waals surface area contributed by atoms with Crippen molar-refractivity contribution in [2.75, 3.05) is 0 Å². The monoisotopic (exact) mass is 217 g/mol. The maximum absolute atomic E-state index is 6.66. The third kappa shape index (κ3) is 2.15. The Morgan fingerprint density at radius 3 is 2.25 bits per heavy atom. The summed E-state index contributed by atoms with van der Waals surface area (Å²) in [5, 5.41) is 0. The van der Waals surface area contributed by atoms with Crippen molar-refractivity contribution >= 4 is 0 Å². The molecule has 16 heavy (non-hydrogen) atoms. The Balaban J connectivity index is 2.34. The van der Waals surface area contributed by atoms with Crippen LogP contribution < -0.4 is 5.73 Å². The van der Waals surface area contributed by atoms with Crippen molar-refractivity contribution in [1.29, 1.82) is 0 Å². The average Bonchev–Trinajstić information content (AvgIpc) is 2.15. The molecule has 1 heteroatoms. The van der Waals surface area contributed by atoms with Gasteiger partial charge < -0.3 is 5.73 Å². The van der Waals surface area contributed by atoms with Crippen LogP contribution in [0.2, 0.25) is 0 Å². The first-order chi connectivity index (χ1) is 7.51. The summed E-state index contributed by atoms with van der Waals surface area (Å²) in [5.41, 5.74) is 9.26. The van der Waals surface area contributed by atoms with Gasteiger partial charge in [0.2, 0.25) is 0 Å². The maximum atomic E-state index is 6.66. The van der Waals surface area contributed by atoms with E-state index in [1.165, 1.54) is 17.5 Å². The number of rotatable bonds is 1. The van der Waals surface area contributed by atoms with Crippen LogP contribution >= 0.6 is 0 Å². The fourth-order valence-electron chi connectivity index (χ4n) is 3.53. The lowest BCUT2D eigenvalue weighted by Crippen LogP contribution is -2.43. The molecule has 2 rings (SSSR count). The van der Waals surface area contributed by atoms with Gasteiger partial charge >= 0.3 is 0 Å². The lowest BCUT2D eigenvalue weighted by molar-refractivity contribution is 0.183. The van der Waals surface area contributed by atoms with Crippen LogP contribution in [0, 0.1) is 18.8 Å². The summed E-state index contributed by atoms with van der Waals surface area (Å²) in [5.74, 6) is 1.49. The first kappa shape index (κ1) is 11.7. The van der Waals surface area contributed by atoms with E-state index in [9.17, 15) is 0 Å². The maximum Gasteiger partial charge on any atom is 0.0417 e. The molecule has 1 aliphatic carbocycles. The van der Waals surface area contributed by atoms with Crippen LogP contribution in [0.3, 0.4) is 0 Å². The van der Waals surface area contributed by atoms with Gasteiger partial charge in [-0.2, -0.15) is 0 Å². The van der Waals surface area contributed by atoms with E-state index in [0.717, 1.165) is 24.7 Å². The third-order valence-corrected chi connectivity index (χ3v) is 3.91. The van der Waals surface area contributed by atoms with Gasteiger partial charge in [0.15, 0.2) is 0 Å². The summed E-state index contributed by atoms with van der Waals surface area (Å²) in [6, 6.07) is 8.59. The molecule has 1 aromatic rings. The van der Waals surface area contributed by atoms with Gasteiger partial charge in [0.1, 0.15) is 0 Å². The smallest absolute Gasteiger partial charge is 0.0417 e. The molecule has 1 fully saturated rings. The van der Waals surface area contributed by atoms with Gasteiger partial charge in [0.05, 0.1) is 0 Å². The molecular weight excluding hydrogens is 194 g/mol. The predicted molar refractivity (Wildman–Crippen MR) is 69.2 cm³/mol. The molecule has 88 valence electrons. The minimum atomic E-state index is -0.0948. The molecule has 2 N–H and O–H groups in total. The highest BCUT2D eigenvalue weighted by Crippen LogP contribution is 2.41. The van der Waals surface area contributed by atoms with Gasteiger partial charge in [-0.1, -0.05) is 38.1 Å². The van der Waals surface area contributed by atoms with E-state index in [0.29, 0.717) is 0 Å². The number of hydrogen-bond acceptors (Lipinski definition) is 1. The highest BCUT2D eigenvalue weighted by atomic mass is 14.8. The second-order valence-corrected chi connectivity index (χ2v) is 5.83. The Morgan fingerprint density at radius 2 is 1.69 bits per heavy atom. The summed E-state index contributed by atoms with van der Waals surface area (Å²) in [7, 11) is 0. The average molecular weight is 217 g/mol. The van der Waals surface area contributed by atoms with E-state index in [1.54, 1.807) is 0 Å². The molecule has 0 bridgehead atoms. The molecule has 1 nitrogen and oxygen atoms in total. The van der Waals surface area contributed by atoms with Crippen LogP contribution in [0.15, 0.2) is 24.3 Å². The molecule has 1 aliphatic rings. The molecule has 0 amide bonds. The Kier molecular flexibility index (Phi) is 3.07. The molecule has 0 spiro atoms. The lowest BCUT2D eigenvalue weighted by Gasteiger charge is -2.41. The van der Waals surface area contributed by atoms with Crippen LogP contribution in [0.4, 0.5) is 0 Å². The number of benzene rings is 1. The van der Waals surface area contributed by atoms with E-state index < -0.39 is 0 Å². The number of aryl methyl sites for hydroxylation is 1. The molecule has 0 saturated heterocycles. The molecule has 1 aromatic carbocycles. The summed E-state index contributed by atoms with van der Waals surface area (Å²) in [6.45, 7) is 6.83. The Bertz CT molecular complexity index is 359. The van der Waals surface area contributed by atoms with E-state index in [-0.39, 0.29) is 5.54 Å². The molecular formula is C15H23N. The van der Waals surface area contributed by atoms with Crippen molar-refractivity contribution in [2.45, 2.75) is 45.6 Å². The Morgan fingerprint density at radius 1 is 1.12 bits per heavy atom. The largest absolute Gasteiger partial charge is 0.321 e. The van der Waals surface area contributed by atoms with Crippen LogP contribution in [0.5, 0.6) is 0 Å². The van der Waals surface area contributed by atoms with Gasteiger partial charge in [-0.15, -0.1) is 0 Å². The normalized spacial score (nSPS) is 35.0. The lowest BCUT2D eigenvalue weighted by atomic mass is 9.68. The van der Waals surface area contributed by atoms with Gasteiger partial charge in [0.25, 0.3) is 0 Å². The number of nitrogens with two attached hydrogens (primary N) is 1. The van der Waals surface area contributed by atoms with Crippen molar-refractivity contribution in [3.63, 3.8) is 0 Å². The highest BCUT2D eigenvalue weighted by molar-refractivity contribution is 5.33. The van der Waals surface area contributed by atoms with Crippen molar-refractivity contribution in [2.24, 2.45) is 17.6 Å². The second-order valence-electron chi connectivity index (χ2n) is 5.83. The van der Waals surface area contributed by atoms with E-state index in [1.807, 2.05) is 0 Å². The zero-order valence-corrected chi connectivity index (χ0v) is 10.7. The van der Waals surface area contributed by atoms with Crippen LogP contribution in [-0.2, 0) is 5.54 Å². The minimum absolute atomic E-state index is 0.0948. The van der Waals surface area contributed by atoms with Gasteiger partial charge in [0, 0.05) is 5.54 Å². The molecule has 0 heterocycles. The quantitative estimate of drug-likeness (QED) is 0.764. The molecule has 0 aliphatic heterocycles. The van der Waals surface area contributed by atoms with E-state index >= 15 is 0 Å². The summed E-state index contributed by atoms with van der Waals surface area (Å²) >= 11 is 0. The highest BCUT2D eigenvalue weighted by Gasteiger charge is 2.36. The standard InChI is InChI=1S/C15H23N/c1-11-8-12(2)10-15(16,9-11)14-7-5-4-6-13(14)3/h4-7,11-12H,8-10,16H2,1-3H3. The third-order valence-electron chi connectivity index (χ3n) is 3.91. The Hall–Kier alpha value is -0.820. The number of hydrogen-bond donors (Lipinski definition) is 1. The van der Waals surface area contributed by atoms with Crippen molar-refractivity contribution in [3.05, 3.63) is 35.4 Å².